The highest BCUT2D eigenvalue weighted by Gasteiger charge is 2.23. The molecule has 2 unspecified atom stereocenters. The van der Waals surface area contributed by atoms with Crippen molar-refractivity contribution in [3.8, 4) is 0 Å². The zero-order valence-corrected chi connectivity index (χ0v) is 9.41. The molecule has 1 amide bonds. The van der Waals surface area contributed by atoms with Gasteiger partial charge in [-0.25, -0.2) is 0 Å². The van der Waals surface area contributed by atoms with Crippen LogP contribution in [0.1, 0.15) is 39.0 Å². The molecule has 0 saturated heterocycles. The van der Waals surface area contributed by atoms with Gasteiger partial charge in [0.05, 0.1) is 12.1 Å². The summed E-state index contributed by atoms with van der Waals surface area (Å²) < 4.78 is 0. The molecule has 3 atom stereocenters. The average molecular weight is 214 g/mol. The van der Waals surface area contributed by atoms with E-state index < -0.39 is 6.04 Å². The van der Waals surface area contributed by atoms with Crippen molar-refractivity contribution < 1.29 is 9.90 Å². The Kier molecular flexibility index (Phi) is 5.05. The maximum absolute atomic E-state index is 11.4. The SMILES string of the molecule is CC[C@H](N)C(=O)NCC1CCCCC1O. The molecule has 0 aromatic rings. The lowest BCUT2D eigenvalue weighted by molar-refractivity contribution is -0.122. The van der Waals surface area contributed by atoms with Gasteiger partial charge in [-0.05, 0) is 19.3 Å². The van der Waals surface area contributed by atoms with Crippen LogP contribution in [0.5, 0.6) is 0 Å². The fraction of sp³-hybridized carbons (Fsp3) is 0.909. The topological polar surface area (TPSA) is 75.4 Å². The van der Waals surface area contributed by atoms with Crippen LogP contribution in [0, 0.1) is 5.92 Å². The monoisotopic (exact) mass is 214 g/mol. The molecule has 88 valence electrons. The van der Waals surface area contributed by atoms with Crippen molar-refractivity contribution in [2.24, 2.45) is 11.7 Å². The molecule has 4 heteroatoms. The molecule has 15 heavy (non-hydrogen) atoms. The van der Waals surface area contributed by atoms with Crippen molar-refractivity contribution in [3.63, 3.8) is 0 Å². The molecular formula is C11H22N2O2. The Morgan fingerprint density at radius 3 is 2.80 bits per heavy atom. The Labute approximate surface area is 91.2 Å². The van der Waals surface area contributed by atoms with Gasteiger partial charge in [-0.2, -0.15) is 0 Å². The fourth-order valence-electron chi connectivity index (χ4n) is 1.97. The molecule has 1 fully saturated rings. The van der Waals surface area contributed by atoms with Gasteiger partial charge in [-0.1, -0.05) is 19.8 Å². The average Bonchev–Trinajstić information content (AvgIpc) is 2.26. The zero-order chi connectivity index (χ0) is 11.3. The van der Waals surface area contributed by atoms with Gasteiger partial charge in [0.25, 0.3) is 0 Å². The number of rotatable bonds is 4. The summed E-state index contributed by atoms with van der Waals surface area (Å²) in [5, 5.41) is 12.5. The van der Waals surface area contributed by atoms with E-state index in [1.54, 1.807) is 0 Å². The first-order chi connectivity index (χ1) is 7.15. The molecule has 0 heterocycles. The number of hydrogen-bond donors (Lipinski definition) is 3. The summed E-state index contributed by atoms with van der Waals surface area (Å²) in [5.74, 6) is 0.113. The summed E-state index contributed by atoms with van der Waals surface area (Å²) in [6, 6.07) is -0.411. The van der Waals surface area contributed by atoms with E-state index in [0.717, 1.165) is 25.7 Å². The summed E-state index contributed by atoms with van der Waals surface area (Å²) in [4.78, 5) is 11.4. The van der Waals surface area contributed by atoms with E-state index in [1.165, 1.54) is 0 Å². The van der Waals surface area contributed by atoms with E-state index in [1.807, 2.05) is 6.92 Å². The molecule has 4 nitrogen and oxygen atoms in total. The lowest BCUT2D eigenvalue weighted by Gasteiger charge is -2.27. The van der Waals surface area contributed by atoms with E-state index in [2.05, 4.69) is 5.32 Å². The van der Waals surface area contributed by atoms with Crippen LogP contribution in [0.25, 0.3) is 0 Å². The molecule has 0 aliphatic heterocycles. The maximum Gasteiger partial charge on any atom is 0.236 e. The van der Waals surface area contributed by atoms with Crippen LogP contribution < -0.4 is 11.1 Å². The molecule has 0 radical (unpaired) electrons. The van der Waals surface area contributed by atoms with E-state index >= 15 is 0 Å². The number of carbonyl (C=O) groups is 1. The zero-order valence-electron chi connectivity index (χ0n) is 9.41. The van der Waals surface area contributed by atoms with Crippen LogP contribution in [-0.2, 0) is 4.79 Å². The van der Waals surface area contributed by atoms with Crippen LogP contribution in [0.15, 0.2) is 0 Å². The number of hydrogen-bond acceptors (Lipinski definition) is 3. The first kappa shape index (κ1) is 12.5. The molecule has 0 aromatic heterocycles. The Balaban J connectivity index is 2.26. The standard InChI is InChI=1S/C11H22N2O2/c1-2-9(12)11(15)13-7-8-5-3-4-6-10(8)14/h8-10,14H,2-7,12H2,1H3,(H,13,15)/t8?,9-,10?/m0/s1. The largest absolute Gasteiger partial charge is 0.393 e. The van der Waals surface area contributed by atoms with Gasteiger partial charge < -0.3 is 16.2 Å². The van der Waals surface area contributed by atoms with Crippen molar-refractivity contribution in [1.82, 2.24) is 5.32 Å². The lowest BCUT2D eigenvalue weighted by Crippen LogP contribution is -2.44. The van der Waals surface area contributed by atoms with Crippen molar-refractivity contribution in [2.45, 2.75) is 51.2 Å². The third kappa shape index (κ3) is 3.80. The molecule has 0 aromatic carbocycles. The fourth-order valence-corrected chi connectivity index (χ4v) is 1.97. The Hall–Kier alpha value is -0.610. The first-order valence-corrected chi connectivity index (χ1v) is 5.86. The van der Waals surface area contributed by atoms with E-state index in [9.17, 15) is 9.90 Å². The summed E-state index contributed by atoms with van der Waals surface area (Å²) in [6.07, 6.45) is 4.51. The quantitative estimate of drug-likeness (QED) is 0.633. The molecule has 0 bridgehead atoms. The second-order valence-electron chi connectivity index (χ2n) is 4.37. The molecule has 1 rings (SSSR count). The van der Waals surface area contributed by atoms with Gasteiger partial charge in [0, 0.05) is 12.5 Å². The number of amides is 1. The molecular weight excluding hydrogens is 192 g/mol. The van der Waals surface area contributed by atoms with Gasteiger partial charge in [0.2, 0.25) is 5.91 Å². The minimum atomic E-state index is -0.411. The highest BCUT2D eigenvalue weighted by molar-refractivity contribution is 5.81. The summed E-state index contributed by atoms with van der Waals surface area (Å²) in [5.41, 5.74) is 5.59. The second kappa shape index (κ2) is 6.08. The van der Waals surface area contributed by atoms with E-state index in [0.29, 0.717) is 13.0 Å². The Morgan fingerprint density at radius 2 is 2.20 bits per heavy atom. The maximum atomic E-state index is 11.4. The highest BCUT2D eigenvalue weighted by atomic mass is 16.3. The number of aliphatic hydroxyl groups is 1. The number of aliphatic hydroxyl groups excluding tert-OH is 1. The minimum absolute atomic E-state index is 0.102. The van der Waals surface area contributed by atoms with Crippen molar-refractivity contribution in [1.29, 1.82) is 0 Å². The van der Waals surface area contributed by atoms with Crippen molar-refractivity contribution in [2.75, 3.05) is 6.54 Å². The van der Waals surface area contributed by atoms with Crippen molar-refractivity contribution >= 4 is 5.91 Å². The smallest absolute Gasteiger partial charge is 0.236 e. The molecule has 0 spiro atoms. The van der Waals surface area contributed by atoms with Crippen molar-refractivity contribution in [3.05, 3.63) is 0 Å². The minimum Gasteiger partial charge on any atom is -0.393 e. The van der Waals surface area contributed by atoms with Gasteiger partial charge in [0.1, 0.15) is 0 Å². The van der Waals surface area contributed by atoms with E-state index in [-0.39, 0.29) is 17.9 Å². The van der Waals surface area contributed by atoms with Crippen LogP contribution in [-0.4, -0.2) is 29.7 Å². The number of nitrogens with two attached hydrogens (primary N) is 1. The normalized spacial score (nSPS) is 28.5. The number of nitrogens with one attached hydrogen (secondary N) is 1. The van der Waals surface area contributed by atoms with Gasteiger partial charge >= 0.3 is 0 Å². The molecule has 1 saturated carbocycles. The predicted octanol–water partition coefficient (Wildman–Crippen LogP) is 0.391. The predicted molar refractivity (Wildman–Crippen MR) is 59.2 cm³/mol. The van der Waals surface area contributed by atoms with Crippen LogP contribution in [0.4, 0.5) is 0 Å². The second-order valence-corrected chi connectivity index (χ2v) is 4.37. The molecule has 1 aliphatic rings. The van der Waals surface area contributed by atoms with Crippen LogP contribution in [0.3, 0.4) is 0 Å². The van der Waals surface area contributed by atoms with Gasteiger partial charge in [-0.3, -0.25) is 4.79 Å². The van der Waals surface area contributed by atoms with Gasteiger partial charge in [-0.15, -0.1) is 0 Å². The Bertz CT molecular complexity index is 209. The molecule has 1 aliphatic carbocycles. The van der Waals surface area contributed by atoms with Crippen LogP contribution in [0.2, 0.25) is 0 Å². The van der Waals surface area contributed by atoms with Crippen LogP contribution >= 0.6 is 0 Å². The van der Waals surface area contributed by atoms with E-state index in [4.69, 9.17) is 5.73 Å². The molecule has 4 N–H and O–H groups in total. The third-order valence-corrected chi connectivity index (χ3v) is 3.18. The number of carbonyl (C=O) groups excluding carboxylic acids is 1. The summed E-state index contributed by atoms with van der Waals surface area (Å²) in [7, 11) is 0. The van der Waals surface area contributed by atoms with Gasteiger partial charge in [0.15, 0.2) is 0 Å². The third-order valence-electron chi connectivity index (χ3n) is 3.18. The Morgan fingerprint density at radius 1 is 1.53 bits per heavy atom. The summed E-state index contributed by atoms with van der Waals surface area (Å²) >= 11 is 0. The highest BCUT2D eigenvalue weighted by Crippen LogP contribution is 2.23. The first-order valence-electron chi connectivity index (χ1n) is 5.86. The lowest BCUT2D eigenvalue weighted by atomic mass is 9.86. The summed E-state index contributed by atoms with van der Waals surface area (Å²) in [6.45, 7) is 2.45.